The minimum Gasteiger partial charge on any atom is -0.316 e. The number of rotatable bonds is 2. The van der Waals surface area contributed by atoms with Crippen LogP contribution in [0, 0.1) is 0 Å². The normalized spacial score (nSPS) is 28.2. The zero-order valence-corrected chi connectivity index (χ0v) is 9.68. The Bertz CT molecular complexity index is 269. The predicted molar refractivity (Wildman–Crippen MR) is 62.0 cm³/mol. The molecule has 0 bridgehead atoms. The van der Waals surface area contributed by atoms with E-state index in [1.807, 2.05) is 11.3 Å². The van der Waals surface area contributed by atoms with E-state index >= 15 is 0 Å². The average Bonchev–Trinajstić information content (AvgIpc) is 2.70. The van der Waals surface area contributed by atoms with Gasteiger partial charge in [0.15, 0.2) is 0 Å². The van der Waals surface area contributed by atoms with Gasteiger partial charge >= 0.3 is 0 Å². The fourth-order valence-corrected chi connectivity index (χ4v) is 3.14. The van der Waals surface area contributed by atoms with Gasteiger partial charge in [-0.25, -0.2) is 0 Å². The smallest absolute Gasteiger partial charge is 0.0214 e. The third-order valence-electron chi connectivity index (χ3n) is 3.02. The molecule has 1 fully saturated rings. The first-order valence-corrected chi connectivity index (χ1v) is 6.07. The summed E-state index contributed by atoms with van der Waals surface area (Å²) >= 11 is 1.88. The lowest BCUT2D eigenvalue weighted by Gasteiger charge is -2.36. The van der Waals surface area contributed by atoms with Crippen molar-refractivity contribution in [3.05, 3.63) is 22.4 Å². The average molecular weight is 210 g/mol. The molecule has 0 spiro atoms. The van der Waals surface area contributed by atoms with Crippen molar-refractivity contribution in [2.75, 3.05) is 27.2 Å². The minimum atomic E-state index is 0.679. The molecule has 0 aromatic carbocycles. The summed E-state index contributed by atoms with van der Waals surface area (Å²) in [7, 11) is 4.38. The van der Waals surface area contributed by atoms with Gasteiger partial charge in [-0.1, -0.05) is 6.07 Å². The number of hydrogen-bond acceptors (Lipinski definition) is 3. The van der Waals surface area contributed by atoms with E-state index in [1.54, 1.807) is 0 Å². The topological polar surface area (TPSA) is 15.3 Å². The summed E-state index contributed by atoms with van der Waals surface area (Å²) in [6.07, 6.45) is 1.26. The molecule has 2 rings (SSSR count). The number of nitrogens with zero attached hydrogens (tertiary/aromatic N) is 1. The molecule has 1 N–H and O–H groups in total. The van der Waals surface area contributed by atoms with Gasteiger partial charge in [0.2, 0.25) is 0 Å². The Balaban J connectivity index is 2.14. The Labute approximate surface area is 89.9 Å². The van der Waals surface area contributed by atoms with Gasteiger partial charge in [-0.3, -0.25) is 0 Å². The van der Waals surface area contributed by atoms with Crippen LogP contribution >= 0.6 is 11.3 Å². The van der Waals surface area contributed by atoms with Crippen molar-refractivity contribution in [3.63, 3.8) is 0 Å². The predicted octanol–water partition coefficient (Wildman–Crippen LogP) is 1.76. The van der Waals surface area contributed by atoms with Crippen LogP contribution in [0.1, 0.15) is 17.2 Å². The second-order valence-corrected chi connectivity index (χ2v) is 5.12. The standard InChI is InChI=1S/C11H18N2S/c1-13(2)10-5-6-12-8-9(10)11-4-3-7-14-11/h3-4,7,9-10,12H,5-6,8H2,1-2H3. The van der Waals surface area contributed by atoms with Crippen LogP contribution < -0.4 is 5.32 Å². The number of nitrogens with one attached hydrogen (secondary N) is 1. The van der Waals surface area contributed by atoms with Gasteiger partial charge in [0.25, 0.3) is 0 Å². The molecular weight excluding hydrogens is 192 g/mol. The molecular formula is C11H18N2S. The lowest BCUT2D eigenvalue weighted by Crippen LogP contribution is -2.45. The van der Waals surface area contributed by atoms with E-state index in [9.17, 15) is 0 Å². The van der Waals surface area contributed by atoms with Gasteiger partial charge in [0, 0.05) is 23.4 Å². The molecule has 2 heterocycles. The largest absolute Gasteiger partial charge is 0.316 e. The fourth-order valence-electron chi connectivity index (χ4n) is 2.26. The molecule has 1 aromatic rings. The van der Waals surface area contributed by atoms with Gasteiger partial charge in [0.05, 0.1) is 0 Å². The van der Waals surface area contributed by atoms with Crippen LogP contribution in [0.5, 0.6) is 0 Å². The van der Waals surface area contributed by atoms with Crippen molar-refractivity contribution in [2.45, 2.75) is 18.4 Å². The molecule has 0 radical (unpaired) electrons. The van der Waals surface area contributed by atoms with Crippen molar-refractivity contribution in [3.8, 4) is 0 Å². The van der Waals surface area contributed by atoms with Crippen LogP contribution in [-0.4, -0.2) is 38.1 Å². The van der Waals surface area contributed by atoms with E-state index < -0.39 is 0 Å². The van der Waals surface area contributed by atoms with Crippen LogP contribution in [-0.2, 0) is 0 Å². The first-order valence-electron chi connectivity index (χ1n) is 5.19. The monoisotopic (exact) mass is 210 g/mol. The lowest BCUT2D eigenvalue weighted by atomic mass is 9.91. The summed E-state index contributed by atoms with van der Waals surface area (Å²) in [5.41, 5.74) is 0. The summed E-state index contributed by atoms with van der Waals surface area (Å²) in [4.78, 5) is 3.89. The van der Waals surface area contributed by atoms with Crippen molar-refractivity contribution in [1.82, 2.24) is 10.2 Å². The second kappa shape index (κ2) is 4.43. The SMILES string of the molecule is CN(C)C1CCNCC1c1cccs1. The second-order valence-electron chi connectivity index (χ2n) is 4.15. The van der Waals surface area contributed by atoms with Crippen LogP contribution in [0.15, 0.2) is 17.5 Å². The zero-order valence-electron chi connectivity index (χ0n) is 8.86. The third kappa shape index (κ3) is 2.00. The van der Waals surface area contributed by atoms with Gasteiger partial charge in [0.1, 0.15) is 0 Å². The lowest BCUT2D eigenvalue weighted by molar-refractivity contribution is 0.211. The van der Waals surface area contributed by atoms with Gasteiger partial charge < -0.3 is 10.2 Å². The molecule has 1 aromatic heterocycles. The zero-order chi connectivity index (χ0) is 9.97. The van der Waals surface area contributed by atoms with E-state index in [0.717, 1.165) is 13.1 Å². The molecule has 2 unspecified atom stereocenters. The molecule has 1 saturated heterocycles. The summed E-state index contributed by atoms with van der Waals surface area (Å²) in [6.45, 7) is 2.29. The van der Waals surface area contributed by atoms with Gasteiger partial charge in [-0.05, 0) is 38.5 Å². The van der Waals surface area contributed by atoms with Crippen LogP contribution in [0.25, 0.3) is 0 Å². The summed E-state index contributed by atoms with van der Waals surface area (Å²) in [5.74, 6) is 0.679. The summed E-state index contributed by atoms with van der Waals surface area (Å²) in [5, 5.41) is 5.67. The maximum absolute atomic E-state index is 3.49. The van der Waals surface area contributed by atoms with E-state index in [2.05, 4.69) is 41.8 Å². The van der Waals surface area contributed by atoms with E-state index in [-0.39, 0.29) is 0 Å². The Kier molecular flexibility index (Phi) is 3.21. The molecule has 14 heavy (non-hydrogen) atoms. The van der Waals surface area contributed by atoms with E-state index in [0.29, 0.717) is 12.0 Å². The van der Waals surface area contributed by atoms with Crippen LogP contribution in [0.4, 0.5) is 0 Å². The minimum absolute atomic E-state index is 0.679. The molecule has 2 nitrogen and oxygen atoms in total. The Hall–Kier alpha value is -0.380. The van der Waals surface area contributed by atoms with Crippen molar-refractivity contribution in [2.24, 2.45) is 0 Å². The molecule has 0 amide bonds. The molecule has 78 valence electrons. The Morgan fingerprint density at radius 3 is 3.00 bits per heavy atom. The van der Waals surface area contributed by atoms with E-state index in [1.165, 1.54) is 11.3 Å². The molecule has 2 atom stereocenters. The van der Waals surface area contributed by atoms with Crippen molar-refractivity contribution in [1.29, 1.82) is 0 Å². The van der Waals surface area contributed by atoms with Gasteiger partial charge in [-0.15, -0.1) is 11.3 Å². The molecule has 1 aliphatic rings. The van der Waals surface area contributed by atoms with Crippen LogP contribution in [0.2, 0.25) is 0 Å². The van der Waals surface area contributed by atoms with Crippen molar-refractivity contribution >= 4 is 11.3 Å². The maximum atomic E-state index is 3.49. The summed E-state index contributed by atoms with van der Waals surface area (Å²) < 4.78 is 0. The highest BCUT2D eigenvalue weighted by molar-refractivity contribution is 7.10. The quantitative estimate of drug-likeness (QED) is 0.800. The fraction of sp³-hybridized carbons (Fsp3) is 0.636. The number of thiophene rings is 1. The Morgan fingerprint density at radius 2 is 2.36 bits per heavy atom. The highest BCUT2D eigenvalue weighted by Gasteiger charge is 2.28. The van der Waals surface area contributed by atoms with Gasteiger partial charge in [-0.2, -0.15) is 0 Å². The number of piperidine rings is 1. The number of likely N-dealkylation sites (N-methyl/N-ethyl adjacent to an activating group) is 1. The number of hydrogen-bond donors (Lipinski definition) is 1. The van der Waals surface area contributed by atoms with Crippen molar-refractivity contribution < 1.29 is 0 Å². The maximum Gasteiger partial charge on any atom is 0.0214 e. The Morgan fingerprint density at radius 1 is 1.50 bits per heavy atom. The molecule has 0 aliphatic carbocycles. The first kappa shape index (κ1) is 10.1. The highest BCUT2D eigenvalue weighted by Crippen LogP contribution is 2.29. The highest BCUT2D eigenvalue weighted by atomic mass is 32.1. The van der Waals surface area contributed by atoms with Crippen LogP contribution in [0.3, 0.4) is 0 Å². The molecule has 0 saturated carbocycles. The first-order chi connectivity index (χ1) is 6.79. The molecule has 1 aliphatic heterocycles. The molecule has 3 heteroatoms. The van der Waals surface area contributed by atoms with E-state index in [4.69, 9.17) is 0 Å². The third-order valence-corrected chi connectivity index (χ3v) is 4.02. The summed E-state index contributed by atoms with van der Waals surface area (Å²) in [6, 6.07) is 5.12.